The normalized spacial score (nSPS) is 16.5. The molecule has 1 aliphatic carbocycles. The molecular weight excluding hydrogens is 684 g/mol. The lowest BCUT2D eigenvalue weighted by Crippen LogP contribution is -2.37. The number of amides is 2. The van der Waals surface area contributed by atoms with Gasteiger partial charge in [-0.15, -0.1) is 0 Å². The van der Waals surface area contributed by atoms with E-state index >= 15 is 0 Å². The smallest absolute Gasteiger partial charge is 0.407 e. The average molecular weight is 730 g/mol. The largest absolute Gasteiger partial charge is 0.478 e. The molecule has 2 amide bonds. The molecule has 1 atom stereocenters. The number of alkyl carbamates (subject to hydrolysis) is 1. The van der Waals surface area contributed by atoms with Gasteiger partial charge in [0.15, 0.2) is 11.6 Å². The van der Waals surface area contributed by atoms with E-state index in [2.05, 4.69) is 25.8 Å². The molecule has 0 bridgehead atoms. The van der Waals surface area contributed by atoms with E-state index in [0.29, 0.717) is 37.1 Å². The van der Waals surface area contributed by atoms with E-state index in [9.17, 15) is 33.1 Å². The van der Waals surface area contributed by atoms with Crippen LogP contribution in [0.3, 0.4) is 0 Å². The van der Waals surface area contributed by atoms with Gasteiger partial charge in [0, 0.05) is 36.1 Å². The zero-order chi connectivity index (χ0) is 38.3. The fraction of sp³-hybridized carbons (Fsp3) is 0.400. The first-order valence-corrected chi connectivity index (χ1v) is 17.7. The molecule has 0 saturated heterocycles. The van der Waals surface area contributed by atoms with Crippen LogP contribution in [0.15, 0.2) is 66.7 Å². The first-order chi connectivity index (χ1) is 25.1. The molecule has 280 valence electrons. The van der Waals surface area contributed by atoms with Crippen LogP contribution in [0, 0.1) is 24.7 Å². The lowest BCUT2D eigenvalue weighted by atomic mass is 9.77. The molecule has 4 aromatic rings. The van der Waals surface area contributed by atoms with Crippen molar-refractivity contribution in [1.82, 2.24) is 20.5 Å². The third-order valence-corrected chi connectivity index (χ3v) is 9.39. The monoisotopic (exact) mass is 729 g/mol. The maximum atomic E-state index is 13.8. The van der Waals surface area contributed by atoms with E-state index in [1.54, 1.807) is 42.5 Å². The zero-order valence-electron chi connectivity index (χ0n) is 30.2. The summed E-state index contributed by atoms with van der Waals surface area (Å²) >= 11 is 0. The minimum atomic E-state index is -2.78. The Morgan fingerprint density at radius 1 is 0.943 bits per heavy atom. The number of halogens is 2. The van der Waals surface area contributed by atoms with E-state index in [0.717, 1.165) is 35.1 Å². The Morgan fingerprint density at radius 2 is 1.60 bits per heavy atom. The number of carbonyl (C=O) groups is 4. The molecule has 4 N–H and O–H groups in total. The van der Waals surface area contributed by atoms with Gasteiger partial charge in [-0.1, -0.05) is 30.3 Å². The second kappa shape index (κ2) is 16.9. The highest BCUT2D eigenvalue weighted by Gasteiger charge is 2.31. The van der Waals surface area contributed by atoms with E-state index in [1.165, 1.54) is 0 Å². The highest BCUT2D eigenvalue weighted by molar-refractivity contribution is 5.96. The summed E-state index contributed by atoms with van der Waals surface area (Å²) in [6.07, 6.45) is -0.0259. The number of aromatic carboxylic acids is 1. The maximum absolute atomic E-state index is 13.8. The Balaban J connectivity index is 1.26. The number of hydrogen-bond acceptors (Lipinski definition) is 7. The lowest BCUT2D eigenvalue weighted by Gasteiger charge is -2.29. The molecule has 0 aliphatic heterocycles. The summed E-state index contributed by atoms with van der Waals surface area (Å²) in [5, 5.41) is 21.1. The van der Waals surface area contributed by atoms with Gasteiger partial charge in [-0.3, -0.25) is 14.7 Å². The number of aromatic nitrogens is 3. The minimum Gasteiger partial charge on any atom is -0.478 e. The number of H-pyrrole nitrogens is 1. The van der Waals surface area contributed by atoms with Crippen LogP contribution in [-0.2, 0) is 20.7 Å². The summed E-state index contributed by atoms with van der Waals surface area (Å²) in [6.45, 7) is 7.75. The number of anilines is 1. The van der Waals surface area contributed by atoms with Gasteiger partial charge in [-0.05, 0) is 124 Å². The number of ketones is 1. The summed E-state index contributed by atoms with van der Waals surface area (Å²) in [5.74, 6) is -2.38. The van der Waals surface area contributed by atoms with Crippen molar-refractivity contribution >= 4 is 29.4 Å². The summed E-state index contributed by atoms with van der Waals surface area (Å²) in [4.78, 5) is 54.8. The van der Waals surface area contributed by atoms with E-state index in [4.69, 9.17) is 4.74 Å². The number of hydrogen-bond donors (Lipinski definition) is 4. The molecule has 1 unspecified atom stereocenters. The SMILES string of the molecule is Cc1cc(C(=O)O)ccc1-c1ccc(CC(CC(=O)C2CCC(CNC(=O)OC(C)(C)C)CC2)C(=O)Nc2ccc(-c3n[nH]c(C(F)F)n3)cc2)cc1. The predicted molar refractivity (Wildman–Crippen MR) is 195 cm³/mol. The number of ether oxygens (including phenoxy) is 1. The summed E-state index contributed by atoms with van der Waals surface area (Å²) in [7, 11) is 0. The van der Waals surface area contributed by atoms with Gasteiger partial charge in [-0.25, -0.2) is 23.4 Å². The van der Waals surface area contributed by atoms with Crippen molar-refractivity contribution in [1.29, 1.82) is 0 Å². The van der Waals surface area contributed by atoms with Crippen molar-refractivity contribution in [2.24, 2.45) is 17.8 Å². The van der Waals surface area contributed by atoms with Crippen molar-refractivity contribution in [2.45, 2.75) is 78.2 Å². The Bertz CT molecular complexity index is 1910. The molecule has 1 aromatic heterocycles. The van der Waals surface area contributed by atoms with Crippen LogP contribution in [0.5, 0.6) is 0 Å². The molecule has 0 radical (unpaired) electrons. The summed E-state index contributed by atoms with van der Waals surface area (Å²) < 4.78 is 31.3. The van der Waals surface area contributed by atoms with Crippen LogP contribution in [-0.4, -0.2) is 56.2 Å². The van der Waals surface area contributed by atoms with Crippen molar-refractivity contribution in [3.8, 4) is 22.5 Å². The standard InChI is InChI=1S/C40H45F2N5O6/c1-23-19-29(38(50)51)15-18-32(23)26-9-5-24(6-10-26)20-30(21-33(48)27-11-7-25(8-12-27)22-43-39(52)53-40(2,3)4)37(49)44-31-16-13-28(14-17-31)35-45-36(34(41)42)47-46-35/h5-6,9-10,13-19,25,27,30,34H,7-8,11-12,20-22H2,1-4H3,(H,43,52)(H,44,49)(H,50,51)(H,45,46,47). The minimum absolute atomic E-state index is 0.0178. The van der Waals surface area contributed by atoms with Gasteiger partial charge in [0.05, 0.1) is 5.56 Å². The van der Waals surface area contributed by atoms with Crippen molar-refractivity contribution in [3.05, 3.63) is 89.2 Å². The quantitative estimate of drug-likeness (QED) is 0.107. The predicted octanol–water partition coefficient (Wildman–Crippen LogP) is 8.17. The van der Waals surface area contributed by atoms with Gasteiger partial charge < -0.3 is 20.5 Å². The molecule has 5 rings (SSSR count). The summed E-state index contributed by atoms with van der Waals surface area (Å²) in [6, 6.07) is 19.1. The van der Waals surface area contributed by atoms with Gasteiger partial charge in [-0.2, -0.15) is 5.10 Å². The van der Waals surface area contributed by atoms with E-state index in [-0.39, 0.29) is 41.3 Å². The molecule has 13 heteroatoms. The number of aromatic amines is 1. The Labute approximate surface area is 306 Å². The zero-order valence-corrected chi connectivity index (χ0v) is 30.2. The molecular formula is C40H45F2N5O6. The second-order valence-corrected chi connectivity index (χ2v) is 14.6. The number of Topliss-reactive ketones (excluding diaryl/α,β-unsaturated/α-hetero) is 1. The van der Waals surface area contributed by atoms with Gasteiger partial charge in [0.2, 0.25) is 5.91 Å². The molecule has 1 aliphatic rings. The van der Waals surface area contributed by atoms with Crippen LogP contribution in [0.1, 0.15) is 86.6 Å². The summed E-state index contributed by atoms with van der Waals surface area (Å²) in [5.41, 5.74) is 4.04. The van der Waals surface area contributed by atoms with Crippen molar-refractivity contribution < 1.29 is 37.8 Å². The van der Waals surface area contributed by atoms with Crippen LogP contribution < -0.4 is 10.6 Å². The van der Waals surface area contributed by atoms with Crippen LogP contribution >= 0.6 is 0 Å². The van der Waals surface area contributed by atoms with Gasteiger partial charge in [0.1, 0.15) is 11.4 Å². The number of carboxylic acids is 1. The van der Waals surface area contributed by atoms with Crippen LogP contribution in [0.2, 0.25) is 0 Å². The second-order valence-electron chi connectivity index (χ2n) is 14.6. The topological polar surface area (TPSA) is 163 Å². The fourth-order valence-electron chi connectivity index (χ4n) is 6.57. The molecule has 3 aromatic carbocycles. The highest BCUT2D eigenvalue weighted by atomic mass is 19.3. The number of alkyl halides is 2. The van der Waals surface area contributed by atoms with Gasteiger partial charge in [0.25, 0.3) is 6.43 Å². The Hall–Kier alpha value is -5.46. The molecule has 1 saturated carbocycles. The number of nitrogens with zero attached hydrogens (tertiary/aromatic N) is 2. The molecule has 1 fully saturated rings. The van der Waals surface area contributed by atoms with E-state index in [1.807, 2.05) is 52.0 Å². The molecule has 1 heterocycles. The molecule has 53 heavy (non-hydrogen) atoms. The first-order valence-electron chi connectivity index (χ1n) is 17.7. The third-order valence-electron chi connectivity index (χ3n) is 9.39. The number of carboxylic acid groups (broad SMARTS) is 1. The highest BCUT2D eigenvalue weighted by Crippen LogP contribution is 2.32. The van der Waals surface area contributed by atoms with Gasteiger partial charge >= 0.3 is 12.1 Å². The fourth-order valence-corrected chi connectivity index (χ4v) is 6.57. The van der Waals surface area contributed by atoms with Crippen molar-refractivity contribution in [2.75, 3.05) is 11.9 Å². The number of nitrogens with one attached hydrogen (secondary N) is 3. The lowest BCUT2D eigenvalue weighted by molar-refractivity contribution is -0.129. The van der Waals surface area contributed by atoms with Crippen LogP contribution in [0.4, 0.5) is 19.3 Å². The third kappa shape index (κ3) is 10.8. The molecule has 0 spiro atoms. The Kier molecular flexibility index (Phi) is 12.4. The average Bonchev–Trinajstić information content (AvgIpc) is 3.62. The van der Waals surface area contributed by atoms with Crippen LogP contribution in [0.25, 0.3) is 22.5 Å². The number of carbonyl (C=O) groups excluding carboxylic acids is 3. The maximum Gasteiger partial charge on any atom is 0.407 e. The number of rotatable bonds is 13. The Morgan fingerprint density at radius 3 is 2.19 bits per heavy atom. The van der Waals surface area contributed by atoms with E-state index < -0.39 is 35.8 Å². The number of benzene rings is 3. The number of aryl methyl sites for hydroxylation is 1. The first kappa shape index (κ1) is 38.8. The van der Waals surface area contributed by atoms with Crippen molar-refractivity contribution in [3.63, 3.8) is 0 Å². The molecule has 11 nitrogen and oxygen atoms in total.